The van der Waals surface area contributed by atoms with Gasteiger partial charge in [0.25, 0.3) is 10.1 Å². The van der Waals surface area contributed by atoms with E-state index in [0.29, 0.717) is 12.8 Å². The van der Waals surface area contributed by atoms with Crippen molar-refractivity contribution in [1.29, 1.82) is 0 Å². The number of carbonyl (C=O) groups excluding carboxylic acids is 1. The normalized spacial score (nSPS) is 13.9. The van der Waals surface area contributed by atoms with Gasteiger partial charge in [0.2, 0.25) is 5.91 Å². The molecule has 0 radical (unpaired) electrons. The smallest absolute Gasteiger partial charge is 0.267 e. The summed E-state index contributed by atoms with van der Waals surface area (Å²) in [5.41, 5.74) is 0. The monoisotopic (exact) mass is 666 g/mol. The van der Waals surface area contributed by atoms with Gasteiger partial charge in [0.1, 0.15) is 0 Å². The Bertz CT molecular complexity index is 909. The molecule has 3 N–H and O–H groups in total. The number of nitrogens with one attached hydrogen (secondary N) is 1. The van der Waals surface area contributed by atoms with Crippen LogP contribution in [0.4, 0.5) is 0 Å². The van der Waals surface area contributed by atoms with Gasteiger partial charge in [-0.15, -0.1) is 0 Å². The molecule has 2 atom stereocenters. The maximum Gasteiger partial charge on any atom is 0.267 e. The molecule has 0 heterocycles. The zero-order chi connectivity index (χ0) is 34.0. The Morgan fingerprint density at radius 2 is 0.935 bits per heavy atom. The van der Waals surface area contributed by atoms with Gasteiger partial charge in [0.05, 0.1) is 17.9 Å². The van der Waals surface area contributed by atoms with E-state index in [1.165, 1.54) is 96.0 Å². The van der Waals surface area contributed by atoms with E-state index in [4.69, 9.17) is 0 Å². The zero-order valence-electron chi connectivity index (χ0n) is 29.7. The molecule has 2 unspecified atom stereocenters. The second-order valence-electron chi connectivity index (χ2n) is 12.8. The maximum absolute atomic E-state index is 12.4. The van der Waals surface area contributed by atoms with Crippen LogP contribution in [0.5, 0.6) is 0 Å². The van der Waals surface area contributed by atoms with Crippen molar-refractivity contribution < 1.29 is 22.9 Å². The molecule has 6 nitrogen and oxygen atoms in total. The third-order valence-corrected chi connectivity index (χ3v) is 8.99. The zero-order valence-corrected chi connectivity index (χ0v) is 30.5. The highest BCUT2D eigenvalue weighted by Crippen LogP contribution is 2.12. The van der Waals surface area contributed by atoms with E-state index in [1.54, 1.807) is 6.08 Å². The van der Waals surface area contributed by atoms with Crippen LogP contribution in [0.15, 0.2) is 48.6 Å². The first kappa shape index (κ1) is 44.3. The summed E-state index contributed by atoms with van der Waals surface area (Å²) in [4.78, 5) is 12.4. The van der Waals surface area contributed by atoms with Crippen molar-refractivity contribution in [3.63, 3.8) is 0 Å². The lowest BCUT2D eigenvalue weighted by molar-refractivity contribution is -0.122. The van der Waals surface area contributed by atoms with Gasteiger partial charge in [-0.25, -0.2) is 0 Å². The molecule has 0 rings (SSSR count). The summed E-state index contributed by atoms with van der Waals surface area (Å²) in [5, 5.41) is 13.1. The Kier molecular flexibility index (Phi) is 32.0. The van der Waals surface area contributed by atoms with Crippen LogP contribution < -0.4 is 5.32 Å². The molecule has 0 aromatic heterocycles. The quantitative estimate of drug-likeness (QED) is 0.0368. The Hall–Kier alpha value is -1.70. The van der Waals surface area contributed by atoms with E-state index in [-0.39, 0.29) is 12.3 Å². The van der Waals surface area contributed by atoms with Gasteiger partial charge in [-0.1, -0.05) is 146 Å². The second-order valence-corrected chi connectivity index (χ2v) is 14.3. The molecule has 1 amide bonds. The van der Waals surface area contributed by atoms with Crippen LogP contribution >= 0.6 is 0 Å². The number of allylic oxidation sites excluding steroid dienone is 7. The van der Waals surface area contributed by atoms with E-state index in [1.807, 2.05) is 0 Å². The highest BCUT2D eigenvalue weighted by atomic mass is 32.2. The predicted molar refractivity (Wildman–Crippen MR) is 198 cm³/mol. The Morgan fingerprint density at radius 1 is 0.565 bits per heavy atom. The summed E-state index contributed by atoms with van der Waals surface area (Å²) in [6.07, 6.45) is 43.8. The molecule has 46 heavy (non-hydrogen) atoms. The fourth-order valence-corrected chi connectivity index (χ4v) is 6.09. The van der Waals surface area contributed by atoms with Gasteiger partial charge in [-0.05, 0) is 70.6 Å². The van der Waals surface area contributed by atoms with Crippen molar-refractivity contribution in [3.8, 4) is 0 Å². The molecular formula is C39H71NO5S. The van der Waals surface area contributed by atoms with Crippen molar-refractivity contribution in [1.82, 2.24) is 5.32 Å². The lowest BCUT2D eigenvalue weighted by Crippen LogP contribution is -2.46. The summed E-state index contributed by atoms with van der Waals surface area (Å²) in [6.45, 7) is 4.48. The van der Waals surface area contributed by atoms with E-state index < -0.39 is 28.0 Å². The summed E-state index contributed by atoms with van der Waals surface area (Å²) in [7, 11) is -4.36. The van der Waals surface area contributed by atoms with Gasteiger partial charge in [-0.2, -0.15) is 8.42 Å². The first-order valence-electron chi connectivity index (χ1n) is 18.8. The molecule has 0 fully saturated rings. The van der Waals surface area contributed by atoms with Crippen LogP contribution in [0.1, 0.15) is 174 Å². The largest absolute Gasteiger partial charge is 0.387 e. The molecule has 0 aromatic rings. The average molecular weight is 666 g/mol. The molecule has 0 saturated carbocycles. The number of hydrogen-bond acceptors (Lipinski definition) is 4. The van der Waals surface area contributed by atoms with Gasteiger partial charge < -0.3 is 10.4 Å². The predicted octanol–water partition coefficient (Wildman–Crippen LogP) is 10.7. The molecule has 0 bridgehead atoms. The van der Waals surface area contributed by atoms with Gasteiger partial charge >= 0.3 is 0 Å². The molecule has 0 aliphatic heterocycles. The molecule has 268 valence electrons. The van der Waals surface area contributed by atoms with Gasteiger partial charge in [0, 0.05) is 6.42 Å². The fourth-order valence-electron chi connectivity index (χ4n) is 5.36. The summed E-state index contributed by atoms with van der Waals surface area (Å²) in [5.74, 6) is -1.02. The maximum atomic E-state index is 12.4. The number of aliphatic hydroxyl groups is 1. The molecular weight excluding hydrogens is 594 g/mol. The van der Waals surface area contributed by atoms with Crippen LogP contribution in [-0.2, 0) is 14.9 Å². The highest BCUT2D eigenvalue weighted by Gasteiger charge is 2.24. The number of unbranched alkanes of at least 4 members (excludes halogenated alkanes) is 19. The minimum atomic E-state index is -4.36. The fraction of sp³-hybridized carbons (Fsp3) is 0.769. The molecule has 0 aromatic carbocycles. The molecule has 0 saturated heterocycles. The number of hydrogen-bond donors (Lipinski definition) is 3. The molecule has 0 aliphatic rings. The number of aliphatic hydroxyl groups excluding tert-OH is 1. The Morgan fingerprint density at radius 3 is 1.41 bits per heavy atom. The summed E-state index contributed by atoms with van der Waals surface area (Å²) in [6, 6.07) is -1.08. The molecule has 7 heteroatoms. The lowest BCUT2D eigenvalue weighted by atomic mass is 10.1. The number of rotatable bonds is 33. The first-order chi connectivity index (χ1) is 22.3. The first-order valence-corrected chi connectivity index (χ1v) is 20.4. The van der Waals surface area contributed by atoms with Crippen molar-refractivity contribution in [2.24, 2.45) is 0 Å². The Balaban J connectivity index is 4.07. The lowest BCUT2D eigenvalue weighted by Gasteiger charge is -2.21. The standard InChI is InChI=1S/C39H71NO5S/c1-3-5-7-9-11-13-15-17-18-19-20-21-22-23-24-26-28-30-32-34-38(41)37(36-46(43,44)45)40-39(42)35-33-31-29-27-25-16-14-12-10-8-6-4-2/h12,14,20-21,24,26,32,34,37-38,41H,3-11,13,15-19,22-23,25,27-31,33,35-36H2,1-2H3,(H,40,42)(H,43,44,45)/b14-12-,21-20+,26-24+,34-32+. The summed E-state index contributed by atoms with van der Waals surface area (Å²) < 4.78 is 32.3. The van der Waals surface area contributed by atoms with Crippen LogP contribution in [0, 0.1) is 0 Å². The van der Waals surface area contributed by atoms with Crippen molar-refractivity contribution >= 4 is 16.0 Å². The molecule has 0 aliphatic carbocycles. The van der Waals surface area contributed by atoms with Gasteiger partial charge in [0.15, 0.2) is 0 Å². The minimum Gasteiger partial charge on any atom is -0.387 e. The second kappa shape index (κ2) is 33.2. The van der Waals surface area contributed by atoms with E-state index in [9.17, 15) is 22.9 Å². The van der Waals surface area contributed by atoms with Crippen LogP contribution in [0.25, 0.3) is 0 Å². The van der Waals surface area contributed by atoms with Crippen LogP contribution in [0.3, 0.4) is 0 Å². The van der Waals surface area contributed by atoms with E-state index in [2.05, 4.69) is 55.6 Å². The highest BCUT2D eigenvalue weighted by molar-refractivity contribution is 7.85. The van der Waals surface area contributed by atoms with Crippen molar-refractivity contribution in [3.05, 3.63) is 48.6 Å². The summed E-state index contributed by atoms with van der Waals surface area (Å²) >= 11 is 0. The van der Waals surface area contributed by atoms with E-state index in [0.717, 1.165) is 51.4 Å². The van der Waals surface area contributed by atoms with Crippen LogP contribution in [-0.4, -0.2) is 41.9 Å². The van der Waals surface area contributed by atoms with Gasteiger partial charge in [-0.3, -0.25) is 9.35 Å². The van der Waals surface area contributed by atoms with E-state index >= 15 is 0 Å². The Labute approximate surface area is 284 Å². The molecule has 0 spiro atoms. The van der Waals surface area contributed by atoms with Crippen molar-refractivity contribution in [2.45, 2.75) is 187 Å². The minimum absolute atomic E-state index is 0.273. The SMILES string of the molecule is CCCCC/C=C\CCCCCCCC(=O)NC(CS(=O)(=O)O)C(O)/C=C/CC/C=C/CC/C=C/CCCCCCCCCCC. The number of carbonyl (C=O) groups is 1. The third kappa shape index (κ3) is 33.7. The topological polar surface area (TPSA) is 104 Å². The average Bonchev–Trinajstić information content (AvgIpc) is 3.01. The number of amides is 1. The third-order valence-electron chi connectivity index (χ3n) is 8.21. The van der Waals surface area contributed by atoms with Crippen molar-refractivity contribution in [2.75, 3.05) is 5.75 Å². The van der Waals surface area contributed by atoms with Crippen LogP contribution in [0.2, 0.25) is 0 Å².